The summed E-state index contributed by atoms with van der Waals surface area (Å²) in [6.45, 7) is 12.6. The summed E-state index contributed by atoms with van der Waals surface area (Å²) < 4.78 is 0. The average molecular weight is 115 g/mol. The summed E-state index contributed by atoms with van der Waals surface area (Å²) in [4.78, 5) is 0. The second kappa shape index (κ2) is 9.74. The van der Waals surface area contributed by atoms with E-state index in [0.29, 0.717) is 0 Å². The van der Waals surface area contributed by atoms with Crippen LogP contribution in [0.1, 0.15) is 27.7 Å². The normalized spacial score (nSPS) is 6.50. The summed E-state index contributed by atoms with van der Waals surface area (Å²) in [6, 6.07) is 0. The Morgan fingerprint density at radius 1 is 1.50 bits per heavy atom. The van der Waals surface area contributed by atoms with Gasteiger partial charge in [0.2, 0.25) is 0 Å². The lowest BCUT2D eigenvalue weighted by Gasteiger charge is -1.95. The Bertz CT molecular complexity index is 48.3. The van der Waals surface area contributed by atoms with Crippen molar-refractivity contribution in [3.05, 3.63) is 12.3 Å². The largest absolute Gasteiger partial charge is 0.389 e. The number of allylic oxidation sites excluding steroid dienone is 1. The third kappa shape index (κ3) is 17.7. The molecule has 0 saturated carbocycles. The molecule has 0 saturated heterocycles. The Morgan fingerprint density at radius 3 is 1.88 bits per heavy atom. The van der Waals surface area contributed by atoms with Crippen LogP contribution >= 0.6 is 0 Å². The maximum absolute atomic E-state index is 3.63. The molecular formula is C7H17N. The Balaban J connectivity index is 0. The third-order valence-corrected chi connectivity index (χ3v) is 0.479. The van der Waals surface area contributed by atoms with Crippen molar-refractivity contribution in [1.29, 1.82) is 0 Å². The molecule has 0 bridgehead atoms. The molecule has 8 heavy (non-hydrogen) atoms. The van der Waals surface area contributed by atoms with Crippen molar-refractivity contribution < 1.29 is 0 Å². The first-order valence-electron chi connectivity index (χ1n) is 3.16. The van der Waals surface area contributed by atoms with Crippen LogP contribution in [0.4, 0.5) is 0 Å². The van der Waals surface area contributed by atoms with E-state index in [4.69, 9.17) is 0 Å². The monoisotopic (exact) mass is 115 g/mol. The van der Waals surface area contributed by atoms with Crippen LogP contribution < -0.4 is 5.32 Å². The minimum Gasteiger partial charge on any atom is -0.389 e. The molecule has 1 nitrogen and oxygen atoms in total. The Kier molecular flexibility index (Phi) is 12.8. The third-order valence-electron chi connectivity index (χ3n) is 0.479. The van der Waals surface area contributed by atoms with Crippen LogP contribution in [-0.2, 0) is 0 Å². The fraction of sp³-hybridized carbons (Fsp3) is 0.714. The predicted octanol–water partition coefficient (Wildman–Crippen LogP) is 2.16. The second-order valence-electron chi connectivity index (χ2n) is 1.31. The molecule has 1 N–H and O–H groups in total. The molecule has 0 aliphatic heterocycles. The molecule has 0 aliphatic rings. The zero-order valence-electron chi connectivity index (χ0n) is 6.41. The first-order chi connectivity index (χ1) is 3.77. The molecule has 0 aliphatic carbocycles. The van der Waals surface area contributed by atoms with E-state index >= 15 is 0 Å². The first kappa shape index (κ1) is 10.5. The van der Waals surface area contributed by atoms with E-state index in [2.05, 4.69) is 18.8 Å². The van der Waals surface area contributed by atoms with E-state index in [1.54, 1.807) is 0 Å². The van der Waals surface area contributed by atoms with Gasteiger partial charge in [-0.1, -0.05) is 20.4 Å². The van der Waals surface area contributed by atoms with Crippen molar-refractivity contribution >= 4 is 0 Å². The molecule has 0 spiro atoms. The zero-order valence-corrected chi connectivity index (χ0v) is 6.41. The molecule has 0 aromatic rings. The highest BCUT2D eigenvalue weighted by atomic mass is 14.8. The second-order valence-corrected chi connectivity index (χ2v) is 1.31. The zero-order chi connectivity index (χ0) is 6.99. The van der Waals surface area contributed by atoms with Gasteiger partial charge < -0.3 is 5.32 Å². The van der Waals surface area contributed by atoms with Gasteiger partial charge in [0.05, 0.1) is 0 Å². The van der Waals surface area contributed by atoms with Crippen LogP contribution in [0.2, 0.25) is 0 Å². The molecule has 0 radical (unpaired) electrons. The highest BCUT2D eigenvalue weighted by Gasteiger charge is 1.70. The highest BCUT2D eigenvalue weighted by molar-refractivity contribution is 4.82. The smallest absolute Gasteiger partial charge is 0.0115 e. The van der Waals surface area contributed by atoms with Gasteiger partial charge in [-0.3, -0.25) is 0 Å². The summed E-state index contributed by atoms with van der Waals surface area (Å²) in [5.74, 6) is 0. The lowest BCUT2D eigenvalue weighted by Crippen LogP contribution is -2.07. The van der Waals surface area contributed by atoms with E-state index in [1.165, 1.54) is 0 Å². The van der Waals surface area contributed by atoms with Crippen LogP contribution in [0, 0.1) is 0 Å². The maximum Gasteiger partial charge on any atom is 0.0115 e. The van der Waals surface area contributed by atoms with Crippen LogP contribution in [0.5, 0.6) is 0 Å². The van der Waals surface area contributed by atoms with Crippen molar-refractivity contribution in [3.8, 4) is 0 Å². The summed E-state index contributed by atoms with van der Waals surface area (Å²) in [5, 5.41) is 3.01. The summed E-state index contributed by atoms with van der Waals surface area (Å²) in [7, 11) is 0. The molecule has 0 atom stereocenters. The quantitative estimate of drug-likeness (QED) is 0.581. The van der Waals surface area contributed by atoms with Crippen LogP contribution in [0.25, 0.3) is 0 Å². The van der Waals surface area contributed by atoms with Crippen molar-refractivity contribution in [2.45, 2.75) is 27.7 Å². The molecule has 0 aromatic carbocycles. The lowest BCUT2D eigenvalue weighted by molar-refractivity contribution is 0.859. The van der Waals surface area contributed by atoms with Gasteiger partial charge in [0.15, 0.2) is 0 Å². The first-order valence-corrected chi connectivity index (χ1v) is 3.16. The number of hydrogen-bond acceptors (Lipinski definition) is 1. The average Bonchev–Trinajstić information content (AvgIpc) is 1.72. The summed E-state index contributed by atoms with van der Waals surface area (Å²) >= 11 is 0. The van der Waals surface area contributed by atoms with Crippen molar-refractivity contribution in [2.75, 3.05) is 6.54 Å². The number of nitrogens with one attached hydrogen (secondary N) is 1. The van der Waals surface area contributed by atoms with Gasteiger partial charge in [-0.25, -0.2) is 0 Å². The van der Waals surface area contributed by atoms with Crippen molar-refractivity contribution in [1.82, 2.24) is 5.32 Å². The van der Waals surface area contributed by atoms with Crippen LogP contribution in [0.3, 0.4) is 0 Å². The standard InChI is InChI=1S/C5H11N.C2H6/c1-4-6-5(2)3;1-2/h6H,2,4H2,1,3H3;1-2H3. The number of rotatable bonds is 2. The van der Waals surface area contributed by atoms with E-state index in [9.17, 15) is 0 Å². The Hall–Kier alpha value is -0.460. The Morgan fingerprint density at radius 2 is 1.88 bits per heavy atom. The van der Waals surface area contributed by atoms with Crippen LogP contribution in [0.15, 0.2) is 12.3 Å². The molecule has 50 valence electrons. The van der Waals surface area contributed by atoms with E-state index in [0.717, 1.165) is 12.2 Å². The molecule has 0 heterocycles. The van der Waals surface area contributed by atoms with Gasteiger partial charge >= 0.3 is 0 Å². The molecule has 1 heteroatoms. The molecule has 0 fully saturated rings. The Labute approximate surface area is 52.8 Å². The van der Waals surface area contributed by atoms with E-state index in [-0.39, 0.29) is 0 Å². The molecule has 0 aromatic heterocycles. The SMILES string of the molecule is C=C(C)NCC.CC. The molecule has 0 unspecified atom stereocenters. The summed E-state index contributed by atoms with van der Waals surface area (Å²) in [5.41, 5.74) is 1.04. The van der Waals surface area contributed by atoms with Gasteiger partial charge in [0.1, 0.15) is 0 Å². The predicted molar refractivity (Wildman–Crippen MR) is 39.8 cm³/mol. The van der Waals surface area contributed by atoms with Crippen molar-refractivity contribution in [3.63, 3.8) is 0 Å². The molecule has 0 rings (SSSR count). The maximum atomic E-state index is 3.63. The lowest BCUT2D eigenvalue weighted by atomic mass is 10.5. The van der Waals surface area contributed by atoms with Gasteiger partial charge in [-0.15, -0.1) is 0 Å². The van der Waals surface area contributed by atoms with Gasteiger partial charge in [0.25, 0.3) is 0 Å². The minimum absolute atomic E-state index is 0.981. The van der Waals surface area contributed by atoms with Crippen LogP contribution in [-0.4, -0.2) is 6.54 Å². The van der Waals surface area contributed by atoms with E-state index in [1.807, 2.05) is 20.8 Å². The van der Waals surface area contributed by atoms with Crippen molar-refractivity contribution in [2.24, 2.45) is 0 Å². The highest BCUT2D eigenvalue weighted by Crippen LogP contribution is 1.72. The number of hydrogen-bond donors (Lipinski definition) is 1. The van der Waals surface area contributed by atoms with Gasteiger partial charge in [0, 0.05) is 12.2 Å². The fourth-order valence-corrected chi connectivity index (χ4v) is 0.302. The van der Waals surface area contributed by atoms with E-state index < -0.39 is 0 Å². The molecule has 0 amide bonds. The molecular weight excluding hydrogens is 98.1 g/mol. The fourth-order valence-electron chi connectivity index (χ4n) is 0.302. The van der Waals surface area contributed by atoms with Gasteiger partial charge in [-0.05, 0) is 13.8 Å². The topological polar surface area (TPSA) is 12.0 Å². The summed E-state index contributed by atoms with van der Waals surface area (Å²) in [6.07, 6.45) is 0. The van der Waals surface area contributed by atoms with Gasteiger partial charge in [-0.2, -0.15) is 0 Å². The minimum atomic E-state index is 0.981.